The molecule has 0 aromatic rings. The average molecular weight is 785 g/mol. The minimum absolute atomic E-state index is 0.00717. The van der Waals surface area contributed by atoms with Crippen molar-refractivity contribution in [3.63, 3.8) is 0 Å². The molecule has 0 radical (unpaired) electrons. The first-order valence-electron chi connectivity index (χ1n) is 22.7. The Kier molecular flexibility index (Phi) is 36.8. The maximum absolute atomic E-state index is 12.8. The predicted octanol–water partition coefficient (Wildman–Crippen LogP) is 11.9. The first-order valence-corrected chi connectivity index (χ1v) is 24.2. The van der Waals surface area contributed by atoms with Gasteiger partial charge in [0.1, 0.15) is 13.2 Å². The van der Waals surface area contributed by atoms with Gasteiger partial charge in [0, 0.05) is 6.42 Å². The average Bonchev–Trinajstić information content (AvgIpc) is 3.12. The van der Waals surface area contributed by atoms with Gasteiger partial charge in [-0.25, -0.2) is 0 Å². The maximum Gasteiger partial charge on any atom is 0.268 e. The molecule has 0 saturated heterocycles. The lowest BCUT2D eigenvalue weighted by Gasteiger charge is -2.29. The molecule has 0 aromatic carbocycles. The molecule has 3 atom stereocenters. The van der Waals surface area contributed by atoms with Crippen LogP contribution in [0.5, 0.6) is 0 Å². The Morgan fingerprint density at radius 2 is 1.06 bits per heavy atom. The number of likely N-dealkylation sites (N-methyl/N-ethyl adjacent to an activating group) is 1. The molecule has 1 amide bonds. The fourth-order valence-corrected chi connectivity index (χ4v) is 7.29. The molecule has 320 valence electrons. The predicted molar refractivity (Wildman–Crippen MR) is 228 cm³/mol. The number of amides is 1. The number of carbonyl (C=O) groups is 1. The monoisotopic (exact) mass is 785 g/mol. The number of rotatable bonds is 41. The molecule has 0 bridgehead atoms. The van der Waals surface area contributed by atoms with Crippen LogP contribution in [0, 0.1) is 0 Å². The highest BCUT2D eigenvalue weighted by Gasteiger charge is 2.23. The van der Waals surface area contributed by atoms with Crippen LogP contribution in [0.1, 0.15) is 206 Å². The molecular weight excluding hydrogens is 695 g/mol. The van der Waals surface area contributed by atoms with Crippen LogP contribution in [-0.2, 0) is 18.4 Å². The van der Waals surface area contributed by atoms with Crippen LogP contribution in [-0.4, -0.2) is 68.5 Å². The van der Waals surface area contributed by atoms with Crippen molar-refractivity contribution in [3.8, 4) is 0 Å². The van der Waals surface area contributed by atoms with Crippen molar-refractivity contribution in [1.82, 2.24) is 5.32 Å². The summed E-state index contributed by atoms with van der Waals surface area (Å²) in [4.78, 5) is 25.2. The standard InChI is InChI=1S/C45H89N2O6P/c1-6-8-10-12-14-16-18-19-20-21-22-23-24-25-26-27-29-31-33-35-37-39-45(49)46-43(42-53-54(50,51)52-41-40-47(3,4)5)44(48)38-36-34-32-30-28-17-15-13-11-9-7-2/h32,34,36,38,43-44,48H,6-31,33,35,37,39-42H2,1-5H3,(H-,46,49,50,51)/b34-32+,38-36+/t43-,44+/m0/s1. The van der Waals surface area contributed by atoms with Gasteiger partial charge in [-0.3, -0.25) is 9.36 Å². The van der Waals surface area contributed by atoms with E-state index in [9.17, 15) is 19.4 Å². The van der Waals surface area contributed by atoms with Gasteiger partial charge < -0.3 is 28.8 Å². The van der Waals surface area contributed by atoms with Crippen molar-refractivity contribution >= 4 is 13.7 Å². The van der Waals surface area contributed by atoms with Gasteiger partial charge in [-0.2, -0.15) is 0 Å². The van der Waals surface area contributed by atoms with Crippen molar-refractivity contribution in [2.24, 2.45) is 0 Å². The highest BCUT2D eigenvalue weighted by Crippen LogP contribution is 2.38. The van der Waals surface area contributed by atoms with Crippen LogP contribution in [0.25, 0.3) is 0 Å². The molecule has 54 heavy (non-hydrogen) atoms. The van der Waals surface area contributed by atoms with Gasteiger partial charge in [-0.15, -0.1) is 0 Å². The van der Waals surface area contributed by atoms with Crippen LogP contribution in [0.3, 0.4) is 0 Å². The molecule has 0 heterocycles. The highest BCUT2D eigenvalue weighted by atomic mass is 31.2. The summed E-state index contributed by atoms with van der Waals surface area (Å²) in [7, 11) is 1.24. The van der Waals surface area contributed by atoms with E-state index < -0.39 is 26.6 Å². The number of unbranched alkanes of at least 4 members (excludes halogenated alkanes) is 27. The van der Waals surface area contributed by atoms with Crippen LogP contribution in [0.15, 0.2) is 24.3 Å². The van der Waals surface area contributed by atoms with E-state index in [1.54, 1.807) is 12.2 Å². The second-order valence-corrected chi connectivity index (χ2v) is 18.2. The van der Waals surface area contributed by atoms with E-state index in [0.29, 0.717) is 17.4 Å². The summed E-state index contributed by atoms with van der Waals surface area (Å²) in [6.07, 6.45) is 43.9. The van der Waals surface area contributed by atoms with Crippen molar-refractivity contribution in [3.05, 3.63) is 24.3 Å². The third kappa shape index (κ3) is 39.2. The number of quaternary nitrogens is 1. The zero-order valence-corrected chi connectivity index (χ0v) is 37.1. The Labute approximate surface area is 334 Å². The number of hydrogen-bond donors (Lipinski definition) is 2. The molecular formula is C45H89N2O6P. The maximum atomic E-state index is 12.8. The molecule has 0 aromatic heterocycles. The minimum Gasteiger partial charge on any atom is -0.756 e. The summed E-state index contributed by atoms with van der Waals surface area (Å²) in [5.41, 5.74) is 0. The van der Waals surface area contributed by atoms with Crippen LogP contribution in [0.2, 0.25) is 0 Å². The normalized spacial score (nSPS) is 14.6. The smallest absolute Gasteiger partial charge is 0.268 e. The summed E-state index contributed by atoms with van der Waals surface area (Å²) < 4.78 is 23.1. The summed E-state index contributed by atoms with van der Waals surface area (Å²) in [5, 5.41) is 13.7. The number of hydrogen-bond acceptors (Lipinski definition) is 6. The van der Waals surface area contributed by atoms with Crippen LogP contribution < -0.4 is 10.2 Å². The largest absolute Gasteiger partial charge is 0.756 e. The van der Waals surface area contributed by atoms with Gasteiger partial charge in [-0.1, -0.05) is 205 Å². The number of allylic oxidation sites excluding steroid dienone is 3. The molecule has 0 aliphatic rings. The molecule has 0 aliphatic heterocycles. The quantitative estimate of drug-likeness (QED) is 0.0277. The number of phosphoric acid groups is 1. The lowest BCUT2D eigenvalue weighted by Crippen LogP contribution is -2.45. The summed E-state index contributed by atoms with van der Waals surface area (Å²) in [6, 6.07) is -0.913. The number of nitrogens with zero attached hydrogens (tertiary/aromatic N) is 1. The van der Waals surface area contributed by atoms with Crippen LogP contribution in [0.4, 0.5) is 0 Å². The lowest BCUT2D eigenvalue weighted by atomic mass is 10.0. The Balaban J connectivity index is 4.29. The zero-order chi connectivity index (χ0) is 40.0. The number of aliphatic hydroxyl groups is 1. The molecule has 1 unspecified atom stereocenters. The Bertz CT molecular complexity index is 938. The minimum atomic E-state index is -4.59. The topological polar surface area (TPSA) is 108 Å². The Hall–Kier alpha value is -1.02. The van der Waals surface area contributed by atoms with Crippen molar-refractivity contribution in [2.75, 3.05) is 40.9 Å². The second-order valence-electron chi connectivity index (χ2n) is 16.8. The van der Waals surface area contributed by atoms with Crippen molar-refractivity contribution in [1.29, 1.82) is 0 Å². The molecule has 0 saturated carbocycles. The molecule has 0 rings (SSSR count). The zero-order valence-electron chi connectivity index (χ0n) is 36.2. The van der Waals surface area contributed by atoms with E-state index in [1.165, 1.54) is 154 Å². The molecule has 0 fully saturated rings. The SMILES string of the molecule is CCCCCCCCC/C=C/C=C/[C@@H](O)[C@H](COP(=O)([O-])OCC[N+](C)(C)C)NC(=O)CCCCCCCCCCCCCCCCCCCCCCC. The third-order valence-corrected chi connectivity index (χ3v) is 11.2. The second kappa shape index (κ2) is 37.6. The highest BCUT2D eigenvalue weighted by molar-refractivity contribution is 7.45. The lowest BCUT2D eigenvalue weighted by molar-refractivity contribution is -0.870. The molecule has 2 N–H and O–H groups in total. The fourth-order valence-electron chi connectivity index (χ4n) is 6.56. The third-order valence-electron chi connectivity index (χ3n) is 10.2. The van der Waals surface area contributed by atoms with E-state index >= 15 is 0 Å². The van der Waals surface area contributed by atoms with E-state index in [0.717, 1.165) is 32.1 Å². The summed E-state index contributed by atoms with van der Waals surface area (Å²) in [6.45, 7) is 4.60. The van der Waals surface area contributed by atoms with Crippen molar-refractivity contribution in [2.45, 2.75) is 219 Å². The van der Waals surface area contributed by atoms with E-state index in [4.69, 9.17) is 9.05 Å². The summed E-state index contributed by atoms with van der Waals surface area (Å²) >= 11 is 0. The van der Waals surface area contributed by atoms with Gasteiger partial charge >= 0.3 is 0 Å². The molecule has 8 nitrogen and oxygen atoms in total. The molecule has 0 spiro atoms. The Morgan fingerprint density at radius 1 is 0.648 bits per heavy atom. The first kappa shape index (κ1) is 53.0. The number of carbonyl (C=O) groups excluding carboxylic acids is 1. The van der Waals surface area contributed by atoms with Gasteiger partial charge in [0.25, 0.3) is 7.82 Å². The van der Waals surface area contributed by atoms with E-state index in [2.05, 4.69) is 25.2 Å². The Morgan fingerprint density at radius 3 is 1.48 bits per heavy atom. The van der Waals surface area contributed by atoms with Crippen LogP contribution >= 0.6 is 7.82 Å². The van der Waals surface area contributed by atoms with E-state index in [1.807, 2.05) is 27.2 Å². The number of nitrogens with one attached hydrogen (secondary N) is 1. The van der Waals surface area contributed by atoms with Gasteiger partial charge in [0.15, 0.2) is 0 Å². The first-order chi connectivity index (χ1) is 26.0. The summed E-state index contributed by atoms with van der Waals surface area (Å²) in [5.74, 6) is -0.213. The number of aliphatic hydroxyl groups excluding tert-OH is 1. The van der Waals surface area contributed by atoms with Gasteiger partial charge in [0.2, 0.25) is 5.91 Å². The molecule has 9 heteroatoms. The van der Waals surface area contributed by atoms with Gasteiger partial charge in [0.05, 0.1) is 39.9 Å². The number of phosphoric ester groups is 1. The fraction of sp³-hybridized carbons (Fsp3) is 0.889. The molecule has 0 aliphatic carbocycles. The van der Waals surface area contributed by atoms with Gasteiger partial charge in [-0.05, 0) is 19.3 Å². The van der Waals surface area contributed by atoms with E-state index in [-0.39, 0.29) is 12.5 Å². The van der Waals surface area contributed by atoms with Crippen molar-refractivity contribution < 1.29 is 32.9 Å².